The number of benzene rings is 2. The molecule has 0 aliphatic carbocycles. The summed E-state index contributed by atoms with van der Waals surface area (Å²) >= 11 is 0. The highest BCUT2D eigenvalue weighted by Gasteiger charge is 2.12. The van der Waals surface area contributed by atoms with Crippen molar-refractivity contribution in [3.63, 3.8) is 0 Å². The summed E-state index contributed by atoms with van der Waals surface area (Å²) in [4.78, 5) is 15.3. The molecule has 3 aromatic rings. The highest BCUT2D eigenvalue weighted by molar-refractivity contribution is 5.84. The van der Waals surface area contributed by atoms with Crippen molar-refractivity contribution in [2.45, 2.75) is 0 Å². The lowest BCUT2D eigenvalue weighted by Gasteiger charge is -2.05. The Labute approximate surface area is 121 Å². The second kappa shape index (κ2) is 5.58. The molecular formula is C16H13N3O2. The molecule has 5 heteroatoms. The van der Waals surface area contributed by atoms with Gasteiger partial charge in [-0.3, -0.25) is 0 Å². The number of methoxy groups -OCH3 is 1. The second-order valence-electron chi connectivity index (χ2n) is 4.42. The zero-order valence-electron chi connectivity index (χ0n) is 11.4. The molecule has 1 heterocycles. The zero-order chi connectivity index (χ0) is 14.7. The molecule has 0 N–H and O–H groups in total. The van der Waals surface area contributed by atoms with E-state index >= 15 is 0 Å². The first-order valence-electron chi connectivity index (χ1n) is 6.44. The van der Waals surface area contributed by atoms with Crippen molar-refractivity contribution >= 4 is 5.97 Å². The molecule has 0 amide bonds. The van der Waals surface area contributed by atoms with Gasteiger partial charge in [0.15, 0.2) is 0 Å². The molecule has 0 saturated carbocycles. The standard InChI is InChI=1S/C16H13N3O2/c1-21-16(20)15-17-11-19(18-15)14-9-5-8-13(10-14)12-6-3-2-4-7-12/h2-11H,1H3. The lowest BCUT2D eigenvalue weighted by molar-refractivity contribution is 0.0587. The molecule has 0 unspecified atom stereocenters. The number of aromatic nitrogens is 3. The van der Waals surface area contributed by atoms with Gasteiger partial charge >= 0.3 is 5.97 Å². The number of ether oxygens (including phenoxy) is 1. The number of esters is 1. The summed E-state index contributed by atoms with van der Waals surface area (Å²) in [7, 11) is 1.30. The SMILES string of the molecule is COC(=O)c1ncn(-c2cccc(-c3ccccc3)c2)n1. The van der Waals surface area contributed by atoms with E-state index in [9.17, 15) is 4.79 Å². The van der Waals surface area contributed by atoms with E-state index in [0.717, 1.165) is 16.8 Å². The Morgan fingerprint density at radius 3 is 2.57 bits per heavy atom. The van der Waals surface area contributed by atoms with Crippen LogP contribution in [0.1, 0.15) is 10.6 Å². The van der Waals surface area contributed by atoms with Crippen molar-refractivity contribution in [1.29, 1.82) is 0 Å². The molecule has 21 heavy (non-hydrogen) atoms. The minimum absolute atomic E-state index is 0.0441. The molecule has 0 aliphatic heterocycles. The summed E-state index contributed by atoms with van der Waals surface area (Å²) in [5, 5.41) is 4.12. The summed E-state index contributed by atoms with van der Waals surface area (Å²) in [5.74, 6) is -0.504. The van der Waals surface area contributed by atoms with E-state index in [-0.39, 0.29) is 5.82 Å². The minimum Gasteiger partial charge on any atom is -0.463 e. The van der Waals surface area contributed by atoms with E-state index in [2.05, 4.69) is 14.8 Å². The molecule has 0 aliphatic rings. The molecule has 2 aromatic carbocycles. The van der Waals surface area contributed by atoms with E-state index < -0.39 is 5.97 Å². The monoisotopic (exact) mass is 279 g/mol. The molecule has 0 fully saturated rings. The highest BCUT2D eigenvalue weighted by Crippen LogP contribution is 2.21. The van der Waals surface area contributed by atoms with Gasteiger partial charge in [0.25, 0.3) is 5.82 Å². The van der Waals surface area contributed by atoms with E-state index in [4.69, 9.17) is 0 Å². The van der Waals surface area contributed by atoms with Gasteiger partial charge in [-0.05, 0) is 23.3 Å². The molecule has 5 nitrogen and oxygen atoms in total. The topological polar surface area (TPSA) is 57.0 Å². The van der Waals surface area contributed by atoms with Gasteiger partial charge in [-0.2, -0.15) is 0 Å². The van der Waals surface area contributed by atoms with Gasteiger partial charge in [-0.25, -0.2) is 14.5 Å². The Morgan fingerprint density at radius 2 is 1.81 bits per heavy atom. The van der Waals surface area contributed by atoms with Crippen LogP contribution < -0.4 is 0 Å². The minimum atomic E-state index is -0.548. The molecule has 0 spiro atoms. The van der Waals surface area contributed by atoms with Crippen molar-refractivity contribution in [3.05, 3.63) is 66.7 Å². The molecule has 3 rings (SSSR count). The highest BCUT2D eigenvalue weighted by atomic mass is 16.5. The number of carbonyl (C=O) groups is 1. The van der Waals surface area contributed by atoms with Crippen LogP contribution in [0.15, 0.2) is 60.9 Å². The number of carbonyl (C=O) groups excluding carboxylic acids is 1. The molecule has 1 aromatic heterocycles. The molecule has 0 radical (unpaired) electrons. The predicted octanol–water partition coefficient (Wildman–Crippen LogP) is 2.72. The third-order valence-corrected chi connectivity index (χ3v) is 3.08. The molecule has 0 atom stereocenters. The van der Waals surface area contributed by atoms with Crippen LogP contribution in [0, 0.1) is 0 Å². The maximum atomic E-state index is 11.4. The number of hydrogen-bond acceptors (Lipinski definition) is 4. The van der Waals surface area contributed by atoms with Crippen LogP contribution in [0.3, 0.4) is 0 Å². The smallest absolute Gasteiger partial charge is 0.377 e. The summed E-state index contributed by atoms with van der Waals surface area (Å²) in [6, 6.07) is 17.9. The largest absolute Gasteiger partial charge is 0.463 e. The second-order valence-corrected chi connectivity index (χ2v) is 4.42. The number of rotatable bonds is 3. The van der Waals surface area contributed by atoms with Crippen LogP contribution in [0.25, 0.3) is 16.8 Å². The maximum Gasteiger partial charge on any atom is 0.377 e. The summed E-state index contributed by atoms with van der Waals surface area (Å²) < 4.78 is 6.16. The summed E-state index contributed by atoms with van der Waals surface area (Å²) in [6.07, 6.45) is 1.50. The van der Waals surface area contributed by atoms with E-state index in [0.29, 0.717) is 0 Å². The van der Waals surface area contributed by atoms with Gasteiger partial charge in [0.05, 0.1) is 12.8 Å². The van der Waals surface area contributed by atoms with Crippen LogP contribution >= 0.6 is 0 Å². The quantitative estimate of drug-likeness (QED) is 0.692. The lowest BCUT2D eigenvalue weighted by Crippen LogP contribution is -2.05. The Bertz CT molecular complexity index is 766. The van der Waals surface area contributed by atoms with Gasteiger partial charge in [-0.1, -0.05) is 42.5 Å². The fourth-order valence-corrected chi connectivity index (χ4v) is 2.03. The van der Waals surface area contributed by atoms with Gasteiger partial charge in [0, 0.05) is 0 Å². The van der Waals surface area contributed by atoms with Gasteiger partial charge in [0.2, 0.25) is 0 Å². The average molecular weight is 279 g/mol. The average Bonchev–Trinajstić information content (AvgIpc) is 3.05. The van der Waals surface area contributed by atoms with Crippen molar-refractivity contribution < 1.29 is 9.53 Å². The van der Waals surface area contributed by atoms with Crippen LogP contribution in [-0.2, 0) is 4.74 Å². The van der Waals surface area contributed by atoms with Crippen LogP contribution in [-0.4, -0.2) is 27.8 Å². The van der Waals surface area contributed by atoms with Crippen LogP contribution in [0.4, 0.5) is 0 Å². The van der Waals surface area contributed by atoms with Gasteiger partial charge in [-0.15, -0.1) is 5.10 Å². The summed E-state index contributed by atoms with van der Waals surface area (Å²) in [5.41, 5.74) is 3.02. The number of hydrogen-bond donors (Lipinski definition) is 0. The van der Waals surface area contributed by atoms with E-state index in [1.165, 1.54) is 13.4 Å². The van der Waals surface area contributed by atoms with Crippen molar-refractivity contribution in [1.82, 2.24) is 14.8 Å². The van der Waals surface area contributed by atoms with E-state index in [1.807, 2.05) is 54.6 Å². The first kappa shape index (κ1) is 13.1. The predicted molar refractivity (Wildman–Crippen MR) is 78.1 cm³/mol. The molecule has 104 valence electrons. The van der Waals surface area contributed by atoms with Crippen molar-refractivity contribution in [3.8, 4) is 16.8 Å². The Balaban J connectivity index is 1.97. The van der Waals surface area contributed by atoms with Crippen molar-refractivity contribution in [2.24, 2.45) is 0 Å². The maximum absolute atomic E-state index is 11.4. The Hall–Kier alpha value is -2.95. The Morgan fingerprint density at radius 1 is 1.05 bits per heavy atom. The molecule has 0 saturated heterocycles. The van der Waals surface area contributed by atoms with Gasteiger partial charge < -0.3 is 4.74 Å². The zero-order valence-corrected chi connectivity index (χ0v) is 11.4. The van der Waals surface area contributed by atoms with Gasteiger partial charge in [0.1, 0.15) is 6.33 Å². The summed E-state index contributed by atoms with van der Waals surface area (Å²) in [6.45, 7) is 0. The first-order valence-corrected chi connectivity index (χ1v) is 6.44. The third kappa shape index (κ3) is 2.67. The Kier molecular flexibility index (Phi) is 3.47. The fraction of sp³-hybridized carbons (Fsp3) is 0.0625. The number of nitrogens with zero attached hydrogens (tertiary/aromatic N) is 3. The van der Waals surface area contributed by atoms with Crippen molar-refractivity contribution in [2.75, 3.05) is 7.11 Å². The fourth-order valence-electron chi connectivity index (χ4n) is 2.03. The van der Waals surface area contributed by atoms with Crippen LogP contribution in [0.5, 0.6) is 0 Å². The third-order valence-electron chi connectivity index (χ3n) is 3.08. The normalized spacial score (nSPS) is 10.3. The lowest BCUT2D eigenvalue weighted by atomic mass is 10.1. The van der Waals surface area contributed by atoms with E-state index in [1.54, 1.807) is 4.68 Å². The van der Waals surface area contributed by atoms with Crippen LogP contribution in [0.2, 0.25) is 0 Å². The molecular weight excluding hydrogens is 266 g/mol. The molecule has 0 bridgehead atoms. The first-order chi connectivity index (χ1) is 10.3.